The summed E-state index contributed by atoms with van der Waals surface area (Å²) in [4.78, 5) is 11.9. The minimum absolute atomic E-state index is 0.281. The van der Waals surface area contributed by atoms with Crippen molar-refractivity contribution in [1.82, 2.24) is 14.8 Å². The Bertz CT molecular complexity index is 1140. The number of hydrogen-bond acceptors (Lipinski definition) is 6. The lowest BCUT2D eigenvalue weighted by Crippen LogP contribution is -2.50. The second-order valence-electron chi connectivity index (χ2n) is 10.1. The highest BCUT2D eigenvalue weighted by Crippen LogP contribution is 2.33. The number of anilines is 1. The number of aromatic nitrogens is 1. The third-order valence-electron chi connectivity index (χ3n) is 7.83. The quantitative estimate of drug-likeness (QED) is 0.487. The fraction of sp³-hybridized carbons (Fsp3) is 0.433. The Balaban J connectivity index is 1.15. The predicted molar refractivity (Wildman–Crippen MR) is 146 cm³/mol. The van der Waals surface area contributed by atoms with Gasteiger partial charge in [0.1, 0.15) is 11.5 Å². The number of pyridine rings is 1. The molecular formula is C30H38N4O2. The van der Waals surface area contributed by atoms with Gasteiger partial charge in [0.25, 0.3) is 0 Å². The van der Waals surface area contributed by atoms with Gasteiger partial charge in [0.15, 0.2) is 0 Å². The Morgan fingerprint density at radius 2 is 1.81 bits per heavy atom. The summed E-state index contributed by atoms with van der Waals surface area (Å²) < 4.78 is 0. The first-order valence-corrected chi connectivity index (χ1v) is 13.4. The van der Waals surface area contributed by atoms with Crippen LogP contribution < -0.4 is 4.90 Å². The van der Waals surface area contributed by atoms with Gasteiger partial charge in [0.05, 0.1) is 5.69 Å². The summed E-state index contributed by atoms with van der Waals surface area (Å²) >= 11 is 0. The van der Waals surface area contributed by atoms with Crippen LogP contribution in [0.5, 0.6) is 11.5 Å². The zero-order valence-corrected chi connectivity index (χ0v) is 21.3. The van der Waals surface area contributed by atoms with E-state index in [1.165, 1.54) is 12.0 Å². The van der Waals surface area contributed by atoms with Gasteiger partial charge in [-0.2, -0.15) is 0 Å². The van der Waals surface area contributed by atoms with Gasteiger partial charge in [-0.3, -0.25) is 14.8 Å². The van der Waals surface area contributed by atoms with Crippen LogP contribution in [0.25, 0.3) is 11.3 Å². The van der Waals surface area contributed by atoms with Crippen molar-refractivity contribution in [2.24, 2.45) is 0 Å². The number of phenolic OH excluding ortho intramolecular Hbond substituents is 2. The standard InChI is InChI=1S/C30H38N4O2/c1-2-14-33(24-10-9-23-6-5-8-29(35)27(23)21-24)18-15-32-16-19-34(20-17-32)25-11-12-26(30(36)22-25)28-7-3-4-13-31-28/h3-8,11-13,22,24,35-36H,2,9-10,14-21H2,1H3. The van der Waals surface area contributed by atoms with Crippen LogP contribution in [-0.2, 0) is 12.8 Å². The maximum Gasteiger partial charge on any atom is 0.127 e. The van der Waals surface area contributed by atoms with Crippen LogP contribution in [0.2, 0.25) is 0 Å². The number of fused-ring (bicyclic) bond motifs is 1. The lowest BCUT2D eigenvalue weighted by Gasteiger charge is -2.39. The average molecular weight is 487 g/mol. The Morgan fingerprint density at radius 3 is 2.56 bits per heavy atom. The van der Waals surface area contributed by atoms with Crippen LogP contribution in [0, 0.1) is 0 Å². The second-order valence-corrected chi connectivity index (χ2v) is 10.1. The molecule has 5 rings (SSSR count). The van der Waals surface area contributed by atoms with Crippen LogP contribution in [0.4, 0.5) is 5.69 Å². The Kier molecular flexibility index (Phi) is 7.73. The summed E-state index contributed by atoms with van der Waals surface area (Å²) in [5.74, 6) is 0.743. The number of aromatic hydroxyl groups is 2. The number of phenols is 2. The molecule has 2 heterocycles. The van der Waals surface area contributed by atoms with Gasteiger partial charge in [0, 0.05) is 68.8 Å². The Morgan fingerprint density at radius 1 is 0.944 bits per heavy atom. The number of nitrogens with zero attached hydrogens (tertiary/aromatic N) is 4. The molecule has 1 aromatic heterocycles. The molecule has 1 atom stereocenters. The molecule has 1 fully saturated rings. The molecular weight excluding hydrogens is 448 g/mol. The van der Waals surface area contributed by atoms with E-state index < -0.39 is 0 Å². The van der Waals surface area contributed by atoms with Crippen molar-refractivity contribution < 1.29 is 10.2 Å². The van der Waals surface area contributed by atoms with Crippen molar-refractivity contribution in [2.45, 2.75) is 38.6 Å². The van der Waals surface area contributed by atoms with Crippen LogP contribution >= 0.6 is 0 Å². The fourth-order valence-corrected chi connectivity index (χ4v) is 5.78. The van der Waals surface area contributed by atoms with Gasteiger partial charge in [0.2, 0.25) is 0 Å². The van der Waals surface area contributed by atoms with E-state index in [1.54, 1.807) is 6.20 Å². The highest BCUT2D eigenvalue weighted by atomic mass is 16.3. The minimum atomic E-state index is 0.281. The van der Waals surface area contributed by atoms with Crippen molar-refractivity contribution in [1.29, 1.82) is 0 Å². The number of rotatable bonds is 8. The number of aryl methyl sites for hydroxylation is 1. The molecule has 36 heavy (non-hydrogen) atoms. The Labute approximate surface area is 214 Å². The van der Waals surface area contributed by atoms with Crippen molar-refractivity contribution >= 4 is 5.69 Å². The van der Waals surface area contributed by atoms with Gasteiger partial charge in [-0.15, -0.1) is 0 Å². The molecule has 0 amide bonds. The third kappa shape index (κ3) is 5.50. The van der Waals surface area contributed by atoms with E-state index in [1.807, 2.05) is 42.5 Å². The average Bonchev–Trinajstić information content (AvgIpc) is 2.92. The molecule has 2 aromatic carbocycles. The zero-order valence-electron chi connectivity index (χ0n) is 21.3. The van der Waals surface area contributed by atoms with E-state index in [9.17, 15) is 10.2 Å². The molecule has 1 aliphatic heterocycles. The molecule has 0 saturated carbocycles. The summed E-state index contributed by atoms with van der Waals surface area (Å²) in [6.07, 6.45) is 6.08. The second kappa shape index (κ2) is 11.3. The van der Waals surface area contributed by atoms with Gasteiger partial charge in [-0.1, -0.05) is 25.1 Å². The fourth-order valence-electron chi connectivity index (χ4n) is 5.78. The molecule has 0 spiro atoms. The monoisotopic (exact) mass is 486 g/mol. The third-order valence-corrected chi connectivity index (χ3v) is 7.83. The largest absolute Gasteiger partial charge is 0.508 e. The maximum atomic E-state index is 10.6. The molecule has 1 saturated heterocycles. The Hall–Kier alpha value is -3.09. The lowest BCUT2D eigenvalue weighted by atomic mass is 9.86. The first kappa shape index (κ1) is 24.6. The normalized spacial score (nSPS) is 18.4. The molecule has 0 radical (unpaired) electrons. The first-order valence-electron chi connectivity index (χ1n) is 13.4. The van der Waals surface area contributed by atoms with Crippen LogP contribution in [-0.4, -0.2) is 76.9 Å². The first-order chi connectivity index (χ1) is 17.6. The number of hydrogen-bond donors (Lipinski definition) is 2. The molecule has 3 aromatic rings. The summed E-state index contributed by atoms with van der Waals surface area (Å²) in [6.45, 7) is 9.47. The number of piperazine rings is 1. The van der Waals surface area contributed by atoms with E-state index >= 15 is 0 Å². The molecule has 6 nitrogen and oxygen atoms in total. The van der Waals surface area contributed by atoms with Gasteiger partial charge < -0.3 is 15.1 Å². The molecule has 2 aliphatic rings. The molecule has 1 unspecified atom stereocenters. The van der Waals surface area contributed by atoms with Crippen molar-refractivity contribution in [3.63, 3.8) is 0 Å². The van der Waals surface area contributed by atoms with Gasteiger partial charge in [-0.25, -0.2) is 0 Å². The highest BCUT2D eigenvalue weighted by Gasteiger charge is 2.26. The van der Waals surface area contributed by atoms with Crippen molar-refractivity contribution in [3.8, 4) is 22.8 Å². The van der Waals surface area contributed by atoms with Crippen LogP contribution in [0.3, 0.4) is 0 Å². The smallest absolute Gasteiger partial charge is 0.127 e. The van der Waals surface area contributed by atoms with Crippen LogP contribution in [0.1, 0.15) is 30.9 Å². The topological polar surface area (TPSA) is 63.1 Å². The molecule has 190 valence electrons. The summed E-state index contributed by atoms with van der Waals surface area (Å²) in [5.41, 5.74) is 5.10. The van der Waals surface area contributed by atoms with Gasteiger partial charge in [-0.05, 0) is 73.7 Å². The SMILES string of the molecule is CCCN(CCN1CCN(c2ccc(-c3ccccn3)c(O)c2)CC1)C1CCc2cccc(O)c2C1. The van der Waals surface area contributed by atoms with E-state index in [4.69, 9.17) is 0 Å². The molecule has 1 aliphatic carbocycles. The summed E-state index contributed by atoms with van der Waals surface area (Å²) in [5, 5.41) is 21.0. The number of benzene rings is 2. The van der Waals surface area contributed by atoms with E-state index in [0.29, 0.717) is 11.8 Å². The zero-order chi connectivity index (χ0) is 24.9. The van der Waals surface area contributed by atoms with E-state index in [2.05, 4.69) is 38.7 Å². The van der Waals surface area contributed by atoms with Crippen molar-refractivity contribution in [3.05, 3.63) is 71.9 Å². The predicted octanol–water partition coefficient (Wildman–Crippen LogP) is 4.55. The van der Waals surface area contributed by atoms with Gasteiger partial charge >= 0.3 is 0 Å². The highest BCUT2D eigenvalue weighted by molar-refractivity contribution is 5.70. The van der Waals surface area contributed by atoms with Crippen LogP contribution in [0.15, 0.2) is 60.8 Å². The minimum Gasteiger partial charge on any atom is -0.508 e. The molecule has 6 heteroatoms. The molecule has 2 N–H and O–H groups in total. The summed E-state index contributed by atoms with van der Waals surface area (Å²) in [6, 6.07) is 18.2. The van der Waals surface area contributed by atoms with Crippen molar-refractivity contribution in [2.75, 3.05) is 50.7 Å². The van der Waals surface area contributed by atoms with E-state index in [0.717, 1.165) is 87.6 Å². The summed E-state index contributed by atoms with van der Waals surface area (Å²) in [7, 11) is 0. The lowest BCUT2D eigenvalue weighted by molar-refractivity contribution is 0.145. The molecule has 0 bridgehead atoms. The van der Waals surface area contributed by atoms with E-state index in [-0.39, 0.29) is 5.75 Å². The maximum absolute atomic E-state index is 10.6.